The molecule has 0 saturated carbocycles. The van der Waals surface area contributed by atoms with Crippen molar-refractivity contribution in [1.82, 2.24) is 4.72 Å². The molecule has 0 radical (unpaired) electrons. The number of rotatable bonds is 5. The van der Waals surface area contributed by atoms with E-state index in [4.69, 9.17) is 9.47 Å². The molecule has 0 aromatic heterocycles. The second-order valence-corrected chi connectivity index (χ2v) is 6.00. The fourth-order valence-corrected chi connectivity index (χ4v) is 3.14. The smallest absolute Gasteiger partial charge is 0.292 e. The van der Waals surface area contributed by atoms with E-state index in [2.05, 4.69) is 4.72 Å². The van der Waals surface area contributed by atoms with E-state index in [0.29, 0.717) is 13.0 Å². The van der Waals surface area contributed by atoms with Crippen molar-refractivity contribution in [1.29, 1.82) is 0 Å². The van der Waals surface area contributed by atoms with Crippen LogP contribution in [0.3, 0.4) is 0 Å². The molecule has 0 amide bonds. The molecule has 1 aliphatic heterocycles. The van der Waals surface area contributed by atoms with Crippen LogP contribution in [-0.2, 0) is 19.5 Å². The number of sulfonamides is 1. The molecule has 0 spiro atoms. The molecule has 1 N–H and O–H groups in total. The topological polar surface area (TPSA) is 108 Å². The summed E-state index contributed by atoms with van der Waals surface area (Å²) in [6.07, 6.45) is 0.0568. The standard InChI is InChI=1S/C11H13FN2O6S/c12-9-2-1-3-10(14(15)16)11(9)21(17,18)13-6-8-4-5-19-7-20-8/h1-3,8,13H,4-7H2/t8-/m1/s1. The molecule has 1 saturated heterocycles. The van der Waals surface area contributed by atoms with Crippen molar-refractivity contribution < 1.29 is 27.2 Å². The van der Waals surface area contributed by atoms with Gasteiger partial charge in [-0.25, -0.2) is 17.5 Å². The molecule has 0 bridgehead atoms. The lowest BCUT2D eigenvalue weighted by Crippen LogP contribution is -2.37. The molecule has 1 aromatic carbocycles. The quantitative estimate of drug-likeness (QED) is 0.634. The number of ether oxygens (including phenoxy) is 2. The van der Waals surface area contributed by atoms with Crippen LogP contribution in [0.4, 0.5) is 10.1 Å². The highest BCUT2D eigenvalue weighted by atomic mass is 32.2. The van der Waals surface area contributed by atoms with Crippen LogP contribution < -0.4 is 4.72 Å². The summed E-state index contributed by atoms with van der Waals surface area (Å²) in [7, 11) is -4.35. The molecular formula is C11H13FN2O6S. The molecule has 1 aliphatic rings. The predicted octanol–water partition coefficient (Wildman–Crippen LogP) is 0.775. The Kier molecular flexibility index (Phi) is 4.83. The summed E-state index contributed by atoms with van der Waals surface area (Å²) in [5.74, 6) is -1.18. The average molecular weight is 320 g/mol. The summed E-state index contributed by atoms with van der Waals surface area (Å²) in [5.41, 5.74) is -0.810. The second-order valence-electron chi connectivity index (χ2n) is 4.30. The second kappa shape index (κ2) is 6.43. The van der Waals surface area contributed by atoms with E-state index in [1.165, 1.54) is 0 Å². The van der Waals surface area contributed by atoms with Gasteiger partial charge in [-0.15, -0.1) is 0 Å². The van der Waals surface area contributed by atoms with Crippen molar-refractivity contribution in [2.75, 3.05) is 19.9 Å². The van der Waals surface area contributed by atoms with Gasteiger partial charge in [0.2, 0.25) is 10.0 Å². The van der Waals surface area contributed by atoms with Crippen molar-refractivity contribution >= 4 is 15.7 Å². The first-order valence-corrected chi connectivity index (χ1v) is 7.52. The van der Waals surface area contributed by atoms with Gasteiger partial charge in [-0.3, -0.25) is 10.1 Å². The van der Waals surface area contributed by atoms with Gasteiger partial charge in [-0.2, -0.15) is 0 Å². The molecule has 1 fully saturated rings. The molecule has 10 heteroatoms. The minimum Gasteiger partial charge on any atom is -0.355 e. The maximum absolute atomic E-state index is 13.7. The summed E-state index contributed by atoms with van der Waals surface area (Å²) in [6.45, 7) is 0.357. The Balaban J connectivity index is 2.21. The average Bonchev–Trinajstić information content (AvgIpc) is 2.46. The van der Waals surface area contributed by atoms with Crippen LogP contribution in [0, 0.1) is 15.9 Å². The fourth-order valence-electron chi connectivity index (χ4n) is 1.84. The van der Waals surface area contributed by atoms with Gasteiger partial charge in [0, 0.05) is 12.6 Å². The van der Waals surface area contributed by atoms with Gasteiger partial charge in [-0.05, 0) is 12.5 Å². The van der Waals surface area contributed by atoms with Crippen LogP contribution in [0.5, 0.6) is 0 Å². The molecule has 21 heavy (non-hydrogen) atoms. The number of benzene rings is 1. The third-order valence-corrected chi connectivity index (χ3v) is 4.37. The van der Waals surface area contributed by atoms with E-state index in [9.17, 15) is 22.9 Å². The number of nitrogens with one attached hydrogen (secondary N) is 1. The van der Waals surface area contributed by atoms with Crippen molar-refractivity contribution in [2.24, 2.45) is 0 Å². The molecule has 2 rings (SSSR count). The van der Waals surface area contributed by atoms with Crippen molar-refractivity contribution in [2.45, 2.75) is 17.4 Å². The monoisotopic (exact) mass is 320 g/mol. The van der Waals surface area contributed by atoms with E-state index >= 15 is 0 Å². The molecular weight excluding hydrogens is 307 g/mol. The summed E-state index contributed by atoms with van der Waals surface area (Å²) >= 11 is 0. The van der Waals surface area contributed by atoms with Crippen LogP contribution in [0.1, 0.15) is 6.42 Å². The van der Waals surface area contributed by atoms with Gasteiger partial charge in [0.1, 0.15) is 12.6 Å². The Morgan fingerprint density at radius 1 is 1.48 bits per heavy atom. The number of hydrogen-bond acceptors (Lipinski definition) is 6. The number of nitro groups is 1. The van der Waals surface area contributed by atoms with Gasteiger partial charge in [0.05, 0.1) is 17.6 Å². The third-order valence-electron chi connectivity index (χ3n) is 2.88. The zero-order chi connectivity index (χ0) is 15.5. The molecule has 0 unspecified atom stereocenters. The lowest BCUT2D eigenvalue weighted by atomic mass is 10.2. The fraction of sp³-hybridized carbons (Fsp3) is 0.455. The number of nitro benzene ring substituents is 1. The number of hydrogen-bond donors (Lipinski definition) is 1. The first-order chi connectivity index (χ1) is 9.92. The first kappa shape index (κ1) is 15.8. The zero-order valence-corrected chi connectivity index (χ0v) is 11.6. The summed E-state index contributed by atoms with van der Waals surface area (Å²) in [4.78, 5) is 8.92. The summed E-state index contributed by atoms with van der Waals surface area (Å²) < 4.78 is 50.1. The molecule has 8 nitrogen and oxygen atoms in total. The normalized spacial score (nSPS) is 19.4. The molecule has 116 valence electrons. The number of halogens is 1. The highest BCUT2D eigenvalue weighted by Gasteiger charge is 2.30. The van der Waals surface area contributed by atoms with Gasteiger partial charge in [-0.1, -0.05) is 6.07 Å². The van der Waals surface area contributed by atoms with Crippen LogP contribution in [0.15, 0.2) is 23.1 Å². The van der Waals surface area contributed by atoms with E-state index in [1.54, 1.807) is 0 Å². The lowest BCUT2D eigenvalue weighted by Gasteiger charge is -2.22. The van der Waals surface area contributed by atoms with Crippen molar-refractivity contribution in [3.05, 3.63) is 34.1 Å². The summed E-state index contributed by atoms with van der Waals surface area (Å²) in [5, 5.41) is 10.8. The van der Waals surface area contributed by atoms with Crippen molar-refractivity contribution in [3.63, 3.8) is 0 Å². The van der Waals surface area contributed by atoms with E-state index in [-0.39, 0.29) is 13.3 Å². The Hall–Kier alpha value is -1.62. The van der Waals surface area contributed by atoms with E-state index in [1.807, 2.05) is 0 Å². The first-order valence-electron chi connectivity index (χ1n) is 6.04. The Morgan fingerprint density at radius 2 is 2.24 bits per heavy atom. The van der Waals surface area contributed by atoms with Gasteiger partial charge >= 0.3 is 0 Å². The Bertz CT molecular complexity index is 630. The van der Waals surface area contributed by atoms with E-state index < -0.39 is 37.5 Å². The van der Waals surface area contributed by atoms with Crippen molar-refractivity contribution in [3.8, 4) is 0 Å². The van der Waals surface area contributed by atoms with Gasteiger partial charge < -0.3 is 9.47 Å². The highest BCUT2D eigenvalue weighted by Crippen LogP contribution is 2.26. The Morgan fingerprint density at radius 3 is 2.86 bits per heavy atom. The van der Waals surface area contributed by atoms with Gasteiger partial charge in [0.25, 0.3) is 5.69 Å². The maximum atomic E-state index is 13.7. The number of nitrogens with zero attached hydrogens (tertiary/aromatic N) is 1. The third kappa shape index (κ3) is 3.73. The van der Waals surface area contributed by atoms with Gasteiger partial charge in [0.15, 0.2) is 4.90 Å². The summed E-state index contributed by atoms with van der Waals surface area (Å²) in [6, 6.07) is 2.86. The lowest BCUT2D eigenvalue weighted by molar-refractivity contribution is -0.388. The van der Waals surface area contributed by atoms with Crippen LogP contribution >= 0.6 is 0 Å². The largest absolute Gasteiger partial charge is 0.355 e. The molecule has 0 aliphatic carbocycles. The minimum absolute atomic E-state index is 0.0479. The predicted molar refractivity (Wildman–Crippen MR) is 68.6 cm³/mol. The van der Waals surface area contributed by atoms with Crippen LogP contribution in [0.25, 0.3) is 0 Å². The van der Waals surface area contributed by atoms with Crippen LogP contribution in [-0.4, -0.2) is 39.4 Å². The highest BCUT2D eigenvalue weighted by molar-refractivity contribution is 7.89. The van der Waals surface area contributed by atoms with E-state index in [0.717, 1.165) is 18.2 Å². The maximum Gasteiger partial charge on any atom is 0.292 e. The Labute approximate surface area is 120 Å². The molecule has 1 heterocycles. The van der Waals surface area contributed by atoms with Crippen LogP contribution in [0.2, 0.25) is 0 Å². The minimum atomic E-state index is -4.35. The zero-order valence-electron chi connectivity index (χ0n) is 10.8. The SMILES string of the molecule is O=[N+]([O-])c1cccc(F)c1S(=O)(=O)NC[C@H]1CCOCO1. The molecule has 1 atom stereocenters. The molecule has 1 aromatic rings.